The van der Waals surface area contributed by atoms with Gasteiger partial charge in [0.05, 0.1) is 0 Å². The lowest BCUT2D eigenvalue weighted by Gasteiger charge is -2.10. The highest BCUT2D eigenvalue weighted by atomic mass is 32.2. The van der Waals surface area contributed by atoms with E-state index in [-0.39, 0.29) is 5.91 Å². The molecular weight excluding hydrogens is 388 g/mol. The Morgan fingerprint density at radius 3 is 1.93 bits per heavy atom. The van der Waals surface area contributed by atoms with Gasteiger partial charge in [-0.1, -0.05) is 75.3 Å². The van der Waals surface area contributed by atoms with Crippen molar-refractivity contribution in [2.75, 3.05) is 0 Å². The number of nitrogens with zero attached hydrogens (tertiary/aromatic N) is 1. The Hall–Kier alpha value is -2.07. The van der Waals surface area contributed by atoms with Crippen LogP contribution in [0.3, 0.4) is 0 Å². The van der Waals surface area contributed by atoms with E-state index in [1.165, 1.54) is 68.2 Å². The summed E-state index contributed by atoms with van der Waals surface area (Å²) in [4.78, 5) is 13.8. The number of rotatable bonds is 5. The van der Waals surface area contributed by atoms with Gasteiger partial charge < -0.3 is 0 Å². The number of amides is 1. The maximum Gasteiger partial charge on any atom is 0.271 e. The molecule has 0 heterocycles. The molecule has 0 bridgehead atoms. The maximum absolute atomic E-state index is 12.5. The molecule has 2 aromatic carbocycles. The predicted octanol–water partition coefficient (Wildman–Crippen LogP) is 7.37. The molecule has 1 aliphatic carbocycles. The molecule has 4 heteroatoms. The molecule has 0 saturated heterocycles. The van der Waals surface area contributed by atoms with E-state index in [0.717, 1.165) is 24.3 Å². The Morgan fingerprint density at radius 2 is 1.33 bits per heavy atom. The molecule has 1 N–H and O–H groups in total. The van der Waals surface area contributed by atoms with Gasteiger partial charge in [0.25, 0.3) is 5.91 Å². The largest absolute Gasteiger partial charge is 0.271 e. The Labute approximate surface area is 185 Å². The fourth-order valence-electron chi connectivity index (χ4n) is 3.76. The van der Waals surface area contributed by atoms with Crippen molar-refractivity contribution in [2.24, 2.45) is 5.10 Å². The van der Waals surface area contributed by atoms with Gasteiger partial charge in [0.1, 0.15) is 0 Å². The summed E-state index contributed by atoms with van der Waals surface area (Å²) in [7, 11) is 0. The molecule has 1 aliphatic rings. The molecule has 160 valence electrons. The molecule has 0 radical (unpaired) electrons. The average molecular weight is 423 g/mol. The van der Waals surface area contributed by atoms with Gasteiger partial charge in [-0.05, 0) is 55.5 Å². The number of carbonyl (C=O) groups excluding carboxylic acids is 1. The van der Waals surface area contributed by atoms with Crippen LogP contribution in [0.2, 0.25) is 0 Å². The van der Waals surface area contributed by atoms with Crippen LogP contribution in [0, 0.1) is 0 Å². The van der Waals surface area contributed by atoms with E-state index >= 15 is 0 Å². The highest BCUT2D eigenvalue weighted by molar-refractivity contribution is 7.98. The fourth-order valence-corrected chi connectivity index (χ4v) is 4.64. The van der Waals surface area contributed by atoms with E-state index in [2.05, 4.69) is 34.8 Å². The zero-order valence-corrected chi connectivity index (χ0v) is 18.8. The Balaban J connectivity index is 1.49. The minimum Gasteiger partial charge on any atom is -0.267 e. The molecule has 0 aromatic heterocycles. The molecule has 30 heavy (non-hydrogen) atoms. The number of hydrazone groups is 1. The van der Waals surface area contributed by atoms with E-state index in [1.54, 1.807) is 11.8 Å². The summed E-state index contributed by atoms with van der Waals surface area (Å²) in [6.45, 7) is 0. The van der Waals surface area contributed by atoms with Gasteiger partial charge in [-0.2, -0.15) is 5.10 Å². The number of thioether (sulfide) groups is 1. The van der Waals surface area contributed by atoms with Crippen LogP contribution in [0.4, 0.5) is 0 Å². The van der Waals surface area contributed by atoms with Crippen molar-refractivity contribution < 1.29 is 4.79 Å². The SMILES string of the molecule is O=C(NN=C1CCCCCCCCCCC1)c1ccc(CSc2ccccc2)cc1. The van der Waals surface area contributed by atoms with Gasteiger partial charge in [0, 0.05) is 21.9 Å². The monoisotopic (exact) mass is 422 g/mol. The summed E-state index contributed by atoms with van der Waals surface area (Å²) in [6, 6.07) is 18.3. The third-order valence-corrected chi connectivity index (χ3v) is 6.69. The van der Waals surface area contributed by atoms with Gasteiger partial charge in [-0.15, -0.1) is 11.8 Å². The summed E-state index contributed by atoms with van der Waals surface area (Å²) >= 11 is 1.80. The highest BCUT2D eigenvalue weighted by Crippen LogP contribution is 2.22. The van der Waals surface area contributed by atoms with Crippen LogP contribution in [0.5, 0.6) is 0 Å². The zero-order chi connectivity index (χ0) is 20.9. The van der Waals surface area contributed by atoms with Gasteiger partial charge in [0.2, 0.25) is 0 Å². The van der Waals surface area contributed by atoms with Crippen LogP contribution in [0.15, 0.2) is 64.6 Å². The first-order valence-corrected chi connectivity index (χ1v) is 12.4. The topological polar surface area (TPSA) is 41.5 Å². The number of hydrogen-bond acceptors (Lipinski definition) is 3. The first-order valence-electron chi connectivity index (χ1n) is 11.4. The third-order valence-electron chi connectivity index (χ3n) is 5.61. The van der Waals surface area contributed by atoms with Crippen molar-refractivity contribution in [3.05, 3.63) is 65.7 Å². The van der Waals surface area contributed by atoms with Gasteiger partial charge in [0.15, 0.2) is 0 Å². The number of benzene rings is 2. The Morgan fingerprint density at radius 1 is 0.767 bits per heavy atom. The predicted molar refractivity (Wildman–Crippen MR) is 128 cm³/mol. The lowest BCUT2D eigenvalue weighted by molar-refractivity contribution is 0.0954. The fraction of sp³-hybridized carbons (Fsp3) is 0.462. The van der Waals surface area contributed by atoms with Crippen molar-refractivity contribution in [3.63, 3.8) is 0 Å². The third kappa shape index (κ3) is 8.35. The molecule has 0 unspecified atom stereocenters. The van der Waals surface area contributed by atoms with Crippen LogP contribution in [-0.4, -0.2) is 11.6 Å². The van der Waals surface area contributed by atoms with E-state index < -0.39 is 0 Å². The summed E-state index contributed by atoms with van der Waals surface area (Å²) in [6.07, 6.45) is 13.7. The van der Waals surface area contributed by atoms with E-state index in [0.29, 0.717) is 5.56 Å². The molecule has 1 amide bonds. The highest BCUT2D eigenvalue weighted by Gasteiger charge is 2.07. The molecule has 0 atom stereocenters. The summed E-state index contributed by atoms with van der Waals surface area (Å²) < 4.78 is 0. The van der Waals surface area contributed by atoms with Gasteiger partial charge >= 0.3 is 0 Å². The molecular formula is C26H34N2OS. The molecule has 0 spiro atoms. The van der Waals surface area contributed by atoms with Crippen molar-refractivity contribution in [2.45, 2.75) is 81.3 Å². The summed E-state index contributed by atoms with van der Waals surface area (Å²) in [5, 5.41) is 4.50. The number of carbonyl (C=O) groups is 1. The molecule has 1 fully saturated rings. The molecule has 2 aromatic rings. The minimum absolute atomic E-state index is 0.115. The molecule has 1 saturated carbocycles. The van der Waals surface area contributed by atoms with Crippen LogP contribution in [-0.2, 0) is 5.75 Å². The normalized spacial score (nSPS) is 16.2. The number of hydrogen-bond donors (Lipinski definition) is 1. The average Bonchev–Trinajstić information content (AvgIpc) is 2.78. The smallest absolute Gasteiger partial charge is 0.267 e. The van der Waals surface area contributed by atoms with Crippen LogP contribution in [0.25, 0.3) is 0 Å². The maximum atomic E-state index is 12.5. The van der Waals surface area contributed by atoms with Gasteiger partial charge in [-0.25, -0.2) is 5.43 Å². The molecule has 3 nitrogen and oxygen atoms in total. The second-order valence-electron chi connectivity index (χ2n) is 8.10. The van der Waals surface area contributed by atoms with Crippen LogP contribution < -0.4 is 5.43 Å². The minimum atomic E-state index is -0.115. The Kier molecular flexibility index (Phi) is 10.0. The lowest BCUT2D eigenvalue weighted by atomic mass is 10.00. The quantitative estimate of drug-likeness (QED) is 0.404. The van der Waals surface area contributed by atoms with Gasteiger partial charge in [-0.3, -0.25) is 4.79 Å². The van der Waals surface area contributed by atoms with Crippen LogP contribution in [0.1, 0.15) is 86.6 Å². The first kappa shape index (κ1) is 22.6. The van der Waals surface area contributed by atoms with Crippen molar-refractivity contribution in [1.29, 1.82) is 0 Å². The lowest BCUT2D eigenvalue weighted by Crippen LogP contribution is -2.20. The second-order valence-corrected chi connectivity index (χ2v) is 9.15. The van der Waals surface area contributed by atoms with Crippen molar-refractivity contribution >= 4 is 23.4 Å². The van der Waals surface area contributed by atoms with Crippen molar-refractivity contribution in [1.82, 2.24) is 5.43 Å². The number of nitrogens with one attached hydrogen (secondary N) is 1. The summed E-state index contributed by atoms with van der Waals surface area (Å²) in [5.74, 6) is 0.782. The van der Waals surface area contributed by atoms with E-state index in [1.807, 2.05) is 30.3 Å². The van der Waals surface area contributed by atoms with Crippen molar-refractivity contribution in [3.8, 4) is 0 Å². The van der Waals surface area contributed by atoms with Crippen LogP contribution >= 0.6 is 11.8 Å². The molecule has 3 rings (SSSR count). The first-order chi connectivity index (χ1) is 14.8. The van der Waals surface area contributed by atoms with E-state index in [9.17, 15) is 4.79 Å². The van der Waals surface area contributed by atoms with E-state index in [4.69, 9.17) is 0 Å². The zero-order valence-electron chi connectivity index (χ0n) is 17.9. The summed E-state index contributed by atoms with van der Waals surface area (Å²) in [5.41, 5.74) is 5.84. The molecule has 0 aliphatic heterocycles. The second kappa shape index (κ2) is 13.3. The standard InChI is InChI=1S/C26H34N2OS/c29-26(28-27-24-13-9-6-4-2-1-3-5-7-10-14-24)23-19-17-22(18-20-23)21-30-25-15-11-8-12-16-25/h8,11-12,15-20H,1-7,9-10,13-14,21H2,(H,28,29). The Bertz CT molecular complexity index is 772.